The number of hydrogen-bond acceptors (Lipinski definition) is 4. The minimum absolute atomic E-state index is 0.0531. The van der Waals surface area contributed by atoms with Crippen molar-refractivity contribution in [3.63, 3.8) is 0 Å². The third-order valence-electron chi connectivity index (χ3n) is 4.64. The zero-order chi connectivity index (χ0) is 17.9. The average Bonchev–Trinajstić information content (AvgIpc) is 2.95. The molecule has 5 heteroatoms. The molecular weight excluding hydrogens is 306 g/mol. The first-order valence-corrected chi connectivity index (χ1v) is 8.43. The van der Waals surface area contributed by atoms with Crippen LogP contribution in [0.3, 0.4) is 0 Å². The molecule has 0 N–H and O–H groups in total. The lowest BCUT2D eigenvalue weighted by Gasteiger charge is -2.24. The van der Waals surface area contributed by atoms with Gasteiger partial charge in [-0.15, -0.1) is 0 Å². The summed E-state index contributed by atoms with van der Waals surface area (Å²) in [7, 11) is 1.61. The molecule has 2 rings (SSSR count). The SMILES string of the molecule is CCOC(=O)C1CC(OC)CN1C(=O)Cc1c(C)cc(C)cc1C. The molecule has 1 aliphatic heterocycles. The first kappa shape index (κ1) is 18.5. The molecular formula is C19H27NO4. The van der Waals surface area contributed by atoms with Gasteiger partial charge in [0.15, 0.2) is 0 Å². The number of aryl methyl sites for hydroxylation is 3. The van der Waals surface area contributed by atoms with Crippen molar-refractivity contribution in [1.29, 1.82) is 0 Å². The predicted octanol–water partition coefficient (Wildman–Crippen LogP) is 2.33. The molecule has 1 fully saturated rings. The highest BCUT2D eigenvalue weighted by Crippen LogP contribution is 2.24. The third kappa shape index (κ3) is 3.96. The Morgan fingerprint density at radius 1 is 1.21 bits per heavy atom. The van der Waals surface area contributed by atoms with Gasteiger partial charge in [0.25, 0.3) is 0 Å². The first-order chi connectivity index (χ1) is 11.4. The Kier molecular flexibility index (Phi) is 5.99. The summed E-state index contributed by atoms with van der Waals surface area (Å²) in [6, 6.07) is 3.62. The number of hydrogen-bond donors (Lipinski definition) is 0. The summed E-state index contributed by atoms with van der Waals surface area (Å²) in [5, 5.41) is 0. The lowest BCUT2D eigenvalue weighted by molar-refractivity contribution is -0.152. The summed E-state index contributed by atoms with van der Waals surface area (Å²) in [6.07, 6.45) is 0.667. The van der Waals surface area contributed by atoms with Gasteiger partial charge in [-0.1, -0.05) is 17.7 Å². The van der Waals surface area contributed by atoms with E-state index in [1.165, 1.54) is 5.56 Å². The summed E-state index contributed by atoms with van der Waals surface area (Å²) in [5.41, 5.74) is 4.44. The van der Waals surface area contributed by atoms with Crippen molar-refractivity contribution in [2.24, 2.45) is 0 Å². The number of benzene rings is 1. The maximum atomic E-state index is 12.8. The monoisotopic (exact) mass is 333 g/mol. The Labute approximate surface area is 143 Å². The van der Waals surface area contributed by atoms with E-state index in [1.807, 2.05) is 20.8 Å². The first-order valence-electron chi connectivity index (χ1n) is 8.43. The molecule has 1 amide bonds. The quantitative estimate of drug-likeness (QED) is 0.776. The molecule has 1 aromatic rings. The predicted molar refractivity (Wildman–Crippen MR) is 91.9 cm³/mol. The van der Waals surface area contributed by atoms with Gasteiger partial charge in [0.2, 0.25) is 5.91 Å². The van der Waals surface area contributed by atoms with Gasteiger partial charge in [0.05, 0.1) is 19.1 Å². The van der Waals surface area contributed by atoms with Crippen LogP contribution in [0.2, 0.25) is 0 Å². The van der Waals surface area contributed by atoms with Crippen LogP contribution in [0.5, 0.6) is 0 Å². The van der Waals surface area contributed by atoms with Gasteiger partial charge in [0, 0.05) is 20.1 Å². The zero-order valence-electron chi connectivity index (χ0n) is 15.2. The van der Waals surface area contributed by atoms with Crippen LogP contribution in [-0.2, 0) is 25.5 Å². The van der Waals surface area contributed by atoms with E-state index >= 15 is 0 Å². The lowest BCUT2D eigenvalue weighted by atomic mass is 9.97. The van der Waals surface area contributed by atoms with Gasteiger partial charge in [-0.25, -0.2) is 4.79 Å². The van der Waals surface area contributed by atoms with Gasteiger partial charge >= 0.3 is 5.97 Å². The maximum absolute atomic E-state index is 12.8. The highest BCUT2D eigenvalue weighted by atomic mass is 16.5. The molecule has 1 saturated heterocycles. The van der Waals surface area contributed by atoms with Gasteiger partial charge in [-0.2, -0.15) is 0 Å². The van der Waals surface area contributed by atoms with Crippen molar-refractivity contribution in [2.75, 3.05) is 20.3 Å². The number of carbonyl (C=O) groups is 2. The Balaban J connectivity index is 2.19. The second-order valence-corrected chi connectivity index (χ2v) is 6.46. The molecule has 5 nitrogen and oxygen atoms in total. The van der Waals surface area contributed by atoms with Gasteiger partial charge in [-0.3, -0.25) is 4.79 Å². The molecule has 0 aliphatic carbocycles. The fourth-order valence-electron chi connectivity index (χ4n) is 3.45. The van der Waals surface area contributed by atoms with Gasteiger partial charge < -0.3 is 14.4 Å². The minimum atomic E-state index is -0.548. The molecule has 24 heavy (non-hydrogen) atoms. The second-order valence-electron chi connectivity index (χ2n) is 6.46. The van der Waals surface area contributed by atoms with E-state index in [1.54, 1.807) is 18.9 Å². The summed E-state index contributed by atoms with van der Waals surface area (Å²) >= 11 is 0. The van der Waals surface area contributed by atoms with E-state index in [0.29, 0.717) is 26.0 Å². The van der Waals surface area contributed by atoms with Crippen LogP contribution in [0.1, 0.15) is 35.6 Å². The topological polar surface area (TPSA) is 55.8 Å². The highest BCUT2D eigenvalue weighted by molar-refractivity contribution is 5.87. The molecule has 2 unspecified atom stereocenters. The van der Waals surface area contributed by atoms with Crippen molar-refractivity contribution in [3.05, 3.63) is 34.4 Å². The number of ether oxygens (including phenoxy) is 2. The van der Waals surface area contributed by atoms with Gasteiger partial charge in [-0.05, 0) is 44.4 Å². The minimum Gasteiger partial charge on any atom is -0.464 e. The number of rotatable bonds is 5. The Morgan fingerprint density at radius 3 is 2.38 bits per heavy atom. The van der Waals surface area contributed by atoms with Crippen LogP contribution in [0.4, 0.5) is 0 Å². The van der Waals surface area contributed by atoms with Crippen molar-refractivity contribution in [3.8, 4) is 0 Å². The number of esters is 1. The van der Waals surface area contributed by atoms with Crippen LogP contribution < -0.4 is 0 Å². The fraction of sp³-hybridized carbons (Fsp3) is 0.579. The molecule has 0 saturated carbocycles. The molecule has 1 heterocycles. The lowest BCUT2D eigenvalue weighted by Crippen LogP contribution is -2.42. The Bertz CT molecular complexity index is 603. The van der Waals surface area contributed by atoms with Crippen LogP contribution in [0.15, 0.2) is 12.1 Å². The maximum Gasteiger partial charge on any atom is 0.328 e. The summed E-state index contributed by atoms with van der Waals surface area (Å²) in [4.78, 5) is 26.6. The average molecular weight is 333 g/mol. The molecule has 0 aromatic heterocycles. The number of likely N-dealkylation sites (tertiary alicyclic amines) is 1. The normalized spacial score (nSPS) is 20.3. The summed E-state index contributed by atoms with van der Waals surface area (Å²) < 4.78 is 10.5. The molecule has 0 bridgehead atoms. The Hall–Kier alpha value is -1.88. The standard InChI is InChI=1S/C19H27NO4/c1-6-24-19(22)17-9-15(23-5)11-20(17)18(21)10-16-13(3)7-12(2)8-14(16)4/h7-8,15,17H,6,9-11H2,1-5H3. The van der Waals surface area contributed by atoms with E-state index in [4.69, 9.17) is 9.47 Å². The van der Waals surface area contributed by atoms with Crippen molar-refractivity contribution >= 4 is 11.9 Å². The van der Waals surface area contributed by atoms with Crippen LogP contribution in [0, 0.1) is 20.8 Å². The number of nitrogens with zero attached hydrogens (tertiary/aromatic N) is 1. The summed E-state index contributed by atoms with van der Waals surface area (Å²) in [5.74, 6) is -0.398. The van der Waals surface area contributed by atoms with E-state index in [0.717, 1.165) is 16.7 Å². The number of amides is 1. The molecule has 0 radical (unpaired) electrons. The number of methoxy groups -OCH3 is 1. The summed E-state index contributed by atoms with van der Waals surface area (Å²) in [6.45, 7) is 8.60. The van der Waals surface area contributed by atoms with E-state index < -0.39 is 6.04 Å². The molecule has 2 atom stereocenters. The van der Waals surface area contributed by atoms with E-state index in [2.05, 4.69) is 12.1 Å². The van der Waals surface area contributed by atoms with Crippen molar-refractivity contribution < 1.29 is 19.1 Å². The van der Waals surface area contributed by atoms with E-state index in [9.17, 15) is 9.59 Å². The highest BCUT2D eigenvalue weighted by Gasteiger charge is 2.40. The van der Waals surface area contributed by atoms with Crippen molar-refractivity contribution in [1.82, 2.24) is 4.90 Å². The zero-order valence-corrected chi connectivity index (χ0v) is 15.2. The fourth-order valence-corrected chi connectivity index (χ4v) is 3.45. The molecule has 132 valence electrons. The van der Waals surface area contributed by atoms with E-state index in [-0.39, 0.29) is 18.0 Å². The second kappa shape index (κ2) is 7.79. The number of carbonyl (C=O) groups excluding carboxylic acids is 2. The smallest absolute Gasteiger partial charge is 0.328 e. The van der Waals surface area contributed by atoms with Crippen LogP contribution in [0.25, 0.3) is 0 Å². The molecule has 1 aliphatic rings. The third-order valence-corrected chi connectivity index (χ3v) is 4.64. The van der Waals surface area contributed by atoms with Gasteiger partial charge in [0.1, 0.15) is 6.04 Å². The van der Waals surface area contributed by atoms with Crippen molar-refractivity contribution in [2.45, 2.75) is 52.7 Å². The van der Waals surface area contributed by atoms with Crippen LogP contribution >= 0.6 is 0 Å². The van der Waals surface area contributed by atoms with Crippen LogP contribution in [-0.4, -0.2) is 49.2 Å². The molecule has 0 spiro atoms. The largest absolute Gasteiger partial charge is 0.464 e. The molecule has 1 aromatic carbocycles. The Morgan fingerprint density at radius 2 is 1.83 bits per heavy atom.